The third kappa shape index (κ3) is 1.22. The third-order valence-corrected chi connectivity index (χ3v) is 3.80. The number of rotatable bonds is 2. The Labute approximate surface area is 78.7 Å². The molecule has 0 bridgehead atoms. The minimum atomic E-state index is 0.373. The van der Waals surface area contributed by atoms with Gasteiger partial charge in [-0.2, -0.15) is 0 Å². The molecule has 1 N–H and O–H groups in total. The summed E-state index contributed by atoms with van der Waals surface area (Å²) in [6.07, 6.45) is 3.82. The SMILES string of the molecule is OCC1CC1N1CCOCC12CC2. The Kier molecular flexibility index (Phi) is 1.70. The van der Waals surface area contributed by atoms with Crippen LogP contribution in [0.1, 0.15) is 19.3 Å². The highest BCUT2D eigenvalue weighted by Gasteiger charge is 2.56. The molecule has 2 atom stereocenters. The minimum absolute atomic E-state index is 0.373. The molecular formula is C10H17NO2. The molecule has 1 aliphatic heterocycles. The van der Waals surface area contributed by atoms with E-state index in [2.05, 4.69) is 4.90 Å². The first-order valence-corrected chi connectivity index (χ1v) is 5.31. The van der Waals surface area contributed by atoms with Gasteiger partial charge in [-0.3, -0.25) is 4.90 Å². The van der Waals surface area contributed by atoms with E-state index in [4.69, 9.17) is 9.84 Å². The average molecular weight is 183 g/mol. The molecule has 1 heterocycles. The van der Waals surface area contributed by atoms with Crippen molar-refractivity contribution in [1.82, 2.24) is 4.90 Å². The van der Waals surface area contributed by atoms with Gasteiger partial charge in [0.15, 0.2) is 0 Å². The summed E-state index contributed by atoms with van der Waals surface area (Å²) < 4.78 is 5.52. The molecule has 0 aromatic rings. The summed E-state index contributed by atoms with van der Waals surface area (Å²) >= 11 is 0. The molecular weight excluding hydrogens is 166 g/mol. The number of aliphatic hydroxyl groups excluding tert-OH is 1. The van der Waals surface area contributed by atoms with Gasteiger partial charge in [-0.1, -0.05) is 0 Å². The van der Waals surface area contributed by atoms with E-state index in [0.717, 1.165) is 19.8 Å². The maximum Gasteiger partial charge on any atom is 0.0651 e. The molecule has 0 aromatic carbocycles. The van der Waals surface area contributed by atoms with Crippen LogP contribution in [0.15, 0.2) is 0 Å². The zero-order valence-corrected chi connectivity index (χ0v) is 7.91. The summed E-state index contributed by atoms with van der Waals surface area (Å²) in [5, 5.41) is 9.04. The highest BCUT2D eigenvalue weighted by molar-refractivity contribution is 5.11. The molecule has 3 aliphatic rings. The van der Waals surface area contributed by atoms with Crippen molar-refractivity contribution in [3.05, 3.63) is 0 Å². The smallest absolute Gasteiger partial charge is 0.0651 e. The van der Waals surface area contributed by atoms with E-state index in [9.17, 15) is 0 Å². The molecule has 13 heavy (non-hydrogen) atoms. The van der Waals surface area contributed by atoms with Gasteiger partial charge in [-0.05, 0) is 25.2 Å². The summed E-state index contributed by atoms with van der Waals surface area (Å²) in [5.74, 6) is 0.565. The number of hydrogen-bond acceptors (Lipinski definition) is 3. The molecule has 1 saturated heterocycles. The summed E-state index contributed by atoms with van der Waals surface area (Å²) in [6.45, 7) is 3.28. The van der Waals surface area contributed by atoms with Gasteiger partial charge in [0.25, 0.3) is 0 Å². The molecule has 0 amide bonds. The Morgan fingerprint density at radius 3 is 2.92 bits per heavy atom. The average Bonchev–Trinajstić information content (AvgIpc) is 3.03. The number of nitrogens with zero attached hydrogens (tertiary/aromatic N) is 1. The first kappa shape index (κ1) is 8.21. The van der Waals surface area contributed by atoms with E-state index in [1.807, 2.05) is 0 Å². The molecule has 1 spiro atoms. The second kappa shape index (κ2) is 2.69. The highest BCUT2D eigenvalue weighted by atomic mass is 16.5. The van der Waals surface area contributed by atoms with Gasteiger partial charge in [0.1, 0.15) is 0 Å². The fourth-order valence-electron chi connectivity index (χ4n) is 2.65. The van der Waals surface area contributed by atoms with Gasteiger partial charge < -0.3 is 9.84 Å². The van der Waals surface area contributed by atoms with Crippen molar-refractivity contribution in [2.75, 3.05) is 26.4 Å². The van der Waals surface area contributed by atoms with E-state index in [-0.39, 0.29) is 0 Å². The lowest BCUT2D eigenvalue weighted by Crippen LogP contribution is -2.49. The summed E-state index contributed by atoms with van der Waals surface area (Å²) in [7, 11) is 0. The molecule has 3 rings (SSSR count). The summed E-state index contributed by atoms with van der Waals surface area (Å²) in [4.78, 5) is 2.61. The molecule has 2 aliphatic carbocycles. The molecule has 2 unspecified atom stereocenters. The number of morpholine rings is 1. The summed E-state index contributed by atoms with van der Waals surface area (Å²) in [5.41, 5.74) is 0.410. The van der Waals surface area contributed by atoms with Crippen LogP contribution in [0.25, 0.3) is 0 Å². The Bertz CT molecular complexity index is 215. The van der Waals surface area contributed by atoms with E-state index >= 15 is 0 Å². The maximum absolute atomic E-state index is 9.04. The zero-order valence-electron chi connectivity index (χ0n) is 7.91. The molecule has 0 aromatic heterocycles. The van der Waals surface area contributed by atoms with Gasteiger partial charge in [0, 0.05) is 24.7 Å². The molecule has 3 heteroatoms. The van der Waals surface area contributed by atoms with Gasteiger partial charge in [-0.25, -0.2) is 0 Å². The standard InChI is InChI=1S/C10H17NO2/c12-6-8-5-9(8)11-3-4-13-7-10(11)1-2-10/h8-9,12H,1-7H2. The first-order chi connectivity index (χ1) is 6.36. The van der Waals surface area contributed by atoms with Crippen molar-refractivity contribution in [2.45, 2.75) is 30.8 Å². The van der Waals surface area contributed by atoms with Gasteiger partial charge in [0.05, 0.1) is 13.2 Å². The Morgan fingerprint density at radius 1 is 1.46 bits per heavy atom. The Morgan fingerprint density at radius 2 is 2.31 bits per heavy atom. The third-order valence-electron chi connectivity index (χ3n) is 3.80. The number of ether oxygens (including phenoxy) is 1. The van der Waals surface area contributed by atoms with E-state index in [0.29, 0.717) is 24.1 Å². The van der Waals surface area contributed by atoms with Crippen molar-refractivity contribution in [2.24, 2.45) is 5.92 Å². The van der Waals surface area contributed by atoms with Crippen LogP contribution in [-0.2, 0) is 4.74 Å². The van der Waals surface area contributed by atoms with Crippen LogP contribution in [-0.4, -0.2) is 48.0 Å². The molecule has 3 fully saturated rings. The topological polar surface area (TPSA) is 32.7 Å². The van der Waals surface area contributed by atoms with Crippen LogP contribution < -0.4 is 0 Å². The van der Waals surface area contributed by atoms with Crippen LogP contribution in [0.4, 0.5) is 0 Å². The lowest BCUT2D eigenvalue weighted by atomic mass is 10.2. The quantitative estimate of drug-likeness (QED) is 0.665. The first-order valence-electron chi connectivity index (χ1n) is 5.31. The van der Waals surface area contributed by atoms with Gasteiger partial charge >= 0.3 is 0 Å². The fraction of sp³-hybridized carbons (Fsp3) is 1.00. The second-order valence-corrected chi connectivity index (χ2v) is 4.72. The van der Waals surface area contributed by atoms with Crippen molar-refractivity contribution in [3.8, 4) is 0 Å². The molecule has 3 nitrogen and oxygen atoms in total. The molecule has 0 radical (unpaired) electrons. The van der Waals surface area contributed by atoms with E-state index in [1.54, 1.807) is 0 Å². The van der Waals surface area contributed by atoms with Crippen LogP contribution in [0.3, 0.4) is 0 Å². The second-order valence-electron chi connectivity index (χ2n) is 4.72. The van der Waals surface area contributed by atoms with Gasteiger partial charge in [-0.15, -0.1) is 0 Å². The van der Waals surface area contributed by atoms with Crippen LogP contribution in [0, 0.1) is 5.92 Å². The Balaban J connectivity index is 1.68. The summed E-state index contributed by atoms with van der Waals surface area (Å²) in [6, 6.07) is 0.677. The maximum atomic E-state index is 9.04. The lowest BCUT2D eigenvalue weighted by molar-refractivity contribution is -0.0281. The molecule has 74 valence electrons. The van der Waals surface area contributed by atoms with Crippen molar-refractivity contribution < 1.29 is 9.84 Å². The normalized spacial score (nSPS) is 42.2. The highest BCUT2D eigenvalue weighted by Crippen LogP contribution is 2.50. The lowest BCUT2D eigenvalue weighted by Gasteiger charge is -2.36. The van der Waals surface area contributed by atoms with Crippen LogP contribution in [0.2, 0.25) is 0 Å². The zero-order chi connectivity index (χ0) is 8.89. The minimum Gasteiger partial charge on any atom is -0.396 e. The predicted molar refractivity (Wildman–Crippen MR) is 48.5 cm³/mol. The van der Waals surface area contributed by atoms with Gasteiger partial charge in [0.2, 0.25) is 0 Å². The van der Waals surface area contributed by atoms with Crippen molar-refractivity contribution >= 4 is 0 Å². The monoisotopic (exact) mass is 183 g/mol. The van der Waals surface area contributed by atoms with Crippen LogP contribution >= 0.6 is 0 Å². The van der Waals surface area contributed by atoms with Crippen molar-refractivity contribution in [1.29, 1.82) is 0 Å². The molecule has 2 saturated carbocycles. The fourth-order valence-corrected chi connectivity index (χ4v) is 2.65. The number of aliphatic hydroxyl groups is 1. The predicted octanol–water partition coefficient (Wildman–Crippen LogP) is 0.232. The Hall–Kier alpha value is -0.120. The van der Waals surface area contributed by atoms with Crippen molar-refractivity contribution in [3.63, 3.8) is 0 Å². The number of hydrogen-bond donors (Lipinski definition) is 1. The largest absolute Gasteiger partial charge is 0.396 e. The van der Waals surface area contributed by atoms with Crippen LogP contribution in [0.5, 0.6) is 0 Å². The van der Waals surface area contributed by atoms with E-state index < -0.39 is 0 Å². The van der Waals surface area contributed by atoms with E-state index in [1.165, 1.54) is 19.3 Å².